The number of carbonyl (C=O) groups is 1. The van der Waals surface area contributed by atoms with Gasteiger partial charge in [0.05, 0.1) is 0 Å². The van der Waals surface area contributed by atoms with E-state index in [1.165, 1.54) is 12.1 Å². The summed E-state index contributed by atoms with van der Waals surface area (Å²) in [6.45, 7) is 1.52. The zero-order valence-electron chi connectivity index (χ0n) is 15.8. The first kappa shape index (κ1) is 17.8. The Kier molecular flexibility index (Phi) is 4.62. The van der Waals surface area contributed by atoms with Crippen molar-refractivity contribution in [3.8, 4) is 0 Å². The number of rotatable bonds is 6. The van der Waals surface area contributed by atoms with Gasteiger partial charge in [0.25, 0.3) is 0 Å². The molecule has 3 aliphatic rings. The van der Waals surface area contributed by atoms with Crippen LogP contribution >= 0.6 is 0 Å². The van der Waals surface area contributed by atoms with E-state index in [1.54, 1.807) is 12.1 Å². The lowest BCUT2D eigenvalue weighted by molar-refractivity contribution is -0.127. The summed E-state index contributed by atoms with van der Waals surface area (Å²) >= 11 is 0. The van der Waals surface area contributed by atoms with Gasteiger partial charge in [-0.3, -0.25) is 9.69 Å². The molecule has 5 rings (SSSR count). The van der Waals surface area contributed by atoms with Gasteiger partial charge in [0.2, 0.25) is 11.8 Å². The molecule has 1 saturated heterocycles. The first-order valence-electron chi connectivity index (χ1n) is 10.3. The number of likely N-dealkylation sites (tertiary alicyclic amines) is 1. The summed E-state index contributed by atoms with van der Waals surface area (Å²) in [6.07, 6.45) is 6.29. The largest absolute Gasteiger partial charge is 0.352 e. The number of nitrogens with one attached hydrogen (secondary N) is 1. The molecule has 1 N–H and O–H groups in total. The molecule has 1 aliphatic heterocycles. The molecule has 1 amide bonds. The van der Waals surface area contributed by atoms with E-state index in [0.29, 0.717) is 12.5 Å². The third-order valence-corrected chi connectivity index (χ3v) is 5.92. The highest BCUT2D eigenvalue weighted by Gasteiger charge is 2.37. The molecular weight excluding hydrogens is 359 g/mol. The van der Waals surface area contributed by atoms with Crippen molar-refractivity contribution in [2.75, 3.05) is 13.1 Å². The fraction of sp³-hybridized carbons (Fsp3) is 0.571. The maximum absolute atomic E-state index is 13.4. The second kappa shape index (κ2) is 7.28. The van der Waals surface area contributed by atoms with Crippen LogP contribution in [0.2, 0.25) is 0 Å². The first-order valence-corrected chi connectivity index (χ1v) is 10.3. The number of aromatic nitrogens is 2. The topological polar surface area (TPSA) is 71.3 Å². The SMILES string of the molecule is O=C(NC1CC1)[C@H](c1ccc(F)cc1)N1CCC[C@H](c2noc(C3CC3)n2)C1. The molecule has 6 nitrogen and oxygen atoms in total. The molecule has 1 aromatic carbocycles. The van der Waals surface area contributed by atoms with Gasteiger partial charge in [-0.1, -0.05) is 17.3 Å². The lowest BCUT2D eigenvalue weighted by atomic mass is 9.93. The molecule has 148 valence electrons. The van der Waals surface area contributed by atoms with Crippen molar-refractivity contribution in [3.63, 3.8) is 0 Å². The smallest absolute Gasteiger partial charge is 0.242 e. The van der Waals surface area contributed by atoms with Gasteiger partial charge >= 0.3 is 0 Å². The molecule has 1 aromatic heterocycles. The van der Waals surface area contributed by atoms with Crippen LogP contribution in [0.5, 0.6) is 0 Å². The Balaban J connectivity index is 1.36. The first-order chi connectivity index (χ1) is 13.7. The molecule has 2 heterocycles. The number of carbonyl (C=O) groups excluding carboxylic acids is 1. The Hall–Kier alpha value is -2.28. The minimum absolute atomic E-state index is 0.00143. The predicted molar refractivity (Wildman–Crippen MR) is 100 cm³/mol. The number of nitrogens with zero attached hydrogens (tertiary/aromatic N) is 3. The van der Waals surface area contributed by atoms with Crippen LogP contribution in [0.25, 0.3) is 0 Å². The van der Waals surface area contributed by atoms with Gasteiger partial charge in [0.1, 0.15) is 11.9 Å². The fourth-order valence-electron chi connectivity index (χ4n) is 4.04. The maximum atomic E-state index is 13.4. The van der Waals surface area contributed by atoms with E-state index in [1.807, 2.05) is 0 Å². The van der Waals surface area contributed by atoms with Gasteiger partial charge in [-0.2, -0.15) is 4.98 Å². The molecule has 0 unspecified atom stereocenters. The molecule has 3 fully saturated rings. The Bertz CT molecular complexity index is 844. The molecule has 2 aromatic rings. The summed E-state index contributed by atoms with van der Waals surface area (Å²) < 4.78 is 18.9. The van der Waals surface area contributed by atoms with Gasteiger partial charge in [-0.15, -0.1) is 0 Å². The van der Waals surface area contributed by atoms with Crippen LogP contribution in [0.1, 0.15) is 73.7 Å². The molecule has 0 radical (unpaired) electrons. The van der Waals surface area contributed by atoms with Crippen LogP contribution in [0, 0.1) is 5.82 Å². The number of amides is 1. The monoisotopic (exact) mass is 384 g/mol. The number of piperidine rings is 1. The molecule has 0 spiro atoms. The van der Waals surface area contributed by atoms with Crippen LogP contribution in [0.3, 0.4) is 0 Å². The highest BCUT2D eigenvalue weighted by Crippen LogP contribution is 2.40. The van der Waals surface area contributed by atoms with Crippen molar-refractivity contribution < 1.29 is 13.7 Å². The summed E-state index contributed by atoms with van der Waals surface area (Å²) in [6, 6.07) is 6.16. The summed E-state index contributed by atoms with van der Waals surface area (Å²) in [4.78, 5) is 19.8. The lowest BCUT2D eigenvalue weighted by Gasteiger charge is -2.36. The summed E-state index contributed by atoms with van der Waals surface area (Å²) in [5.74, 6) is 1.82. The summed E-state index contributed by atoms with van der Waals surface area (Å²) in [7, 11) is 0. The second-order valence-corrected chi connectivity index (χ2v) is 8.34. The third-order valence-electron chi connectivity index (χ3n) is 5.92. The average Bonchev–Trinajstić information content (AvgIpc) is 3.64. The Morgan fingerprint density at radius 1 is 1.14 bits per heavy atom. The molecule has 7 heteroatoms. The highest BCUT2D eigenvalue weighted by atomic mass is 19.1. The average molecular weight is 384 g/mol. The van der Waals surface area contributed by atoms with E-state index in [0.717, 1.165) is 62.3 Å². The number of halogens is 1. The quantitative estimate of drug-likeness (QED) is 0.828. The zero-order valence-corrected chi connectivity index (χ0v) is 15.8. The van der Waals surface area contributed by atoms with E-state index in [-0.39, 0.29) is 23.7 Å². The van der Waals surface area contributed by atoms with E-state index >= 15 is 0 Å². The van der Waals surface area contributed by atoms with Crippen LogP contribution < -0.4 is 5.32 Å². The van der Waals surface area contributed by atoms with Crippen LogP contribution in [-0.2, 0) is 4.79 Å². The van der Waals surface area contributed by atoms with Gasteiger partial charge in [0.15, 0.2) is 5.82 Å². The molecule has 0 bridgehead atoms. The van der Waals surface area contributed by atoms with Crippen LogP contribution in [0.4, 0.5) is 4.39 Å². The Morgan fingerprint density at radius 3 is 2.64 bits per heavy atom. The second-order valence-electron chi connectivity index (χ2n) is 8.34. The minimum atomic E-state index is -0.418. The molecule has 2 aliphatic carbocycles. The van der Waals surface area contributed by atoms with Crippen molar-refractivity contribution in [1.82, 2.24) is 20.4 Å². The minimum Gasteiger partial charge on any atom is -0.352 e. The van der Waals surface area contributed by atoms with E-state index in [4.69, 9.17) is 4.52 Å². The van der Waals surface area contributed by atoms with E-state index < -0.39 is 6.04 Å². The number of hydrogen-bond acceptors (Lipinski definition) is 5. The standard InChI is InChI=1S/C21H25FN4O2/c22-16-7-5-13(6-8-16)18(20(27)23-17-9-10-17)26-11-1-2-15(12-26)19-24-21(28-25-19)14-3-4-14/h5-8,14-15,17-18H,1-4,9-12H2,(H,23,27)/t15-,18-/m0/s1. The van der Waals surface area contributed by atoms with Crippen molar-refractivity contribution in [1.29, 1.82) is 0 Å². The van der Waals surface area contributed by atoms with E-state index in [2.05, 4.69) is 20.4 Å². The van der Waals surface area contributed by atoms with Crippen molar-refractivity contribution in [3.05, 3.63) is 47.4 Å². The van der Waals surface area contributed by atoms with Crippen LogP contribution in [0.15, 0.2) is 28.8 Å². The van der Waals surface area contributed by atoms with Gasteiger partial charge < -0.3 is 9.84 Å². The zero-order chi connectivity index (χ0) is 19.1. The molecule has 2 atom stereocenters. The van der Waals surface area contributed by atoms with Gasteiger partial charge in [-0.05, 0) is 62.8 Å². The Labute approximate surface area is 163 Å². The van der Waals surface area contributed by atoms with Crippen molar-refractivity contribution in [2.24, 2.45) is 0 Å². The van der Waals surface area contributed by atoms with Gasteiger partial charge in [-0.25, -0.2) is 4.39 Å². The number of benzene rings is 1. The summed E-state index contributed by atoms with van der Waals surface area (Å²) in [5, 5.41) is 7.34. The van der Waals surface area contributed by atoms with E-state index in [9.17, 15) is 9.18 Å². The highest BCUT2D eigenvalue weighted by molar-refractivity contribution is 5.83. The Morgan fingerprint density at radius 2 is 1.93 bits per heavy atom. The predicted octanol–water partition coefficient (Wildman–Crippen LogP) is 3.29. The van der Waals surface area contributed by atoms with Gasteiger partial charge in [0, 0.05) is 24.4 Å². The molecular formula is C21H25FN4O2. The molecule has 2 saturated carbocycles. The summed E-state index contributed by atoms with van der Waals surface area (Å²) in [5.41, 5.74) is 0.826. The normalized spacial score (nSPS) is 24.1. The lowest BCUT2D eigenvalue weighted by Crippen LogP contribution is -2.45. The molecule has 28 heavy (non-hydrogen) atoms. The third kappa shape index (κ3) is 3.81. The van der Waals surface area contributed by atoms with Crippen LogP contribution in [-0.4, -0.2) is 40.1 Å². The van der Waals surface area contributed by atoms with Crippen molar-refractivity contribution >= 4 is 5.91 Å². The fourth-order valence-corrected chi connectivity index (χ4v) is 4.04. The maximum Gasteiger partial charge on any atom is 0.242 e. The number of hydrogen-bond donors (Lipinski definition) is 1. The van der Waals surface area contributed by atoms with Crippen molar-refractivity contribution in [2.45, 2.75) is 62.4 Å².